The largest absolute Gasteiger partial charge is 0.504 e. The monoisotopic (exact) mass is 428 g/mol. The molecular formula is C23H28N2O6. The van der Waals surface area contributed by atoms with Gasteiger partial charge in [-0.05, 0) is 37.5 Å². The van der Waals surface area contributed by atoms with E-state index in [-0.39, 0.29) is 37.1 Å². The standard InChI is InChI=1S/C23H28N2O6/c1-5-15-7-14-8-21(31-13-23(3,4)12-24-29)20(27)9-16(14)18-10-19(26)17(11-25(15)18)22(28)30-6-2/h8-11,15,27H,5-7,12-13H2,1-4H3. The molecule has 2 heterocycles. The van der Waals surface area contributed by atoms with E-state index in [4.69, 9.17) is 9.47 Å². The molecule has 8 heteroatoms. The van der Waals surface area contributed by atoms with Gasteiger partial charge in [0.05, 0.1) is 25.5 Å². The van der Waals surface area contributed by atoms with Crippen molar-refractivity contribution in [2.45, 2.75) is 46.6 Å². The van der Waals surface area contributed by atoms with E-state index < -0.39 is 16.8 Å². The Balaban J connectivity index is 2.02. The number of ether oxygens (including phenoxy) is 2. The number of carbonyl (C=O) groups excluding carboxylic acids is 1. The molecule has 0 fully saturated rings. The number of aromatic nitrogens is 1. The van der Waals surface area contributed by atoms with Crippen LogP contribution in [0.3, 0.4) is 0 Å². The van der Waals surface area contributed by atoms with Crippen LogP contribution in [0.1, 0.15) is 56.1 Å². The fraction of sp³-hybridized carbons (Fsp3) is 0.478. The summed E-state index contributed by atoms with van der Waals surface area (Å²) in [5, 5.41) is 13.5. The number of aromatic hydroxyl groups is 1. The van der Waals surface area contributed by atoms with Crippen LogP contribution in [0.25, 0.3) is 11.3 Å². The Hall–Kier alpha value is -3.16. The number of esters is 1. The number of hydrogen-bond donors (Lipinski definition) is 1. The second-order valence-electron chi connectivity index (χ2n) is 8.55. The Morgan fingerprint density at radius 1 is 1.29 bits per heavy atom. The highest BCUT2D eigenvalue weighted by atomic mass is 16.5. The summed E-state index contributed by atoms with van der Waals surface area (Å²) in [6.45, 7) is 7.97. The number of fused-ring (bicyclic) bond motifs is 3. The lowest BCUT2D eigenvalue weighted by Crippen LogP contribution is -2.26. The molecule has 1 aromatic carbocycles. The normalized spacial score (nSPS) is 15.0. The van der Waals surface area contributed by atoms with Gasteiger partial charge in [-0.15, -0.1) is 0 Å². The van der Waals surface area contributed by atoms with Gasteiger partial charge < -0.3 is 19.1 Å². The first kappa shape index (κ1) is 22.5. The van der Waals surface area contributed by atoms with Crippen molar-refractivity contribution in [2.75, 3.05) is 19.8 Å². The quantitative estimate of drug-likeness (QED) is 0.502. The van der Waals surface area contributed by atoms with E-state index in [2.05, 4.69) is 5.18 Å². The molecule has 0 spiro atoms. The van der Waals surface area contributed by atoms with Crippen molar-refractivity contribution < 1.29 is 19.4 Å². The van der Waals surface area contributed by atoms with Crippen LogP contribution in [0.5, 0.6) is 11.5 Å². The van der Waals surface area contributed by atoms with Gasteiger partial charge in [-0.1, -0.05) is 25.9 Å². The summed E-state index contributed by atoms with van der Waals surface area (Å²) in [5.74, 6) is -0.369. The average Bonchev–Trinajstić information content (AvgIpc) is 2.71. The Morgan fingerprint density at radius 2 is 2.03 bits per heavy atom. The van der Waals surface area contributed by atoms with E-state index in [1.807, 2.05) is 25.3 Å². The van der Waals surface area contributed by atoms with E-state index in [0.29, 0.717) is 17.9 Å². The van der Waals surface area contributed by atoms with Gasteiger partial charge >= 0.3 is 5.97 Å². The van der Waals surface area contributed by atoms with Gasteiger partial charge in [0.15, 0.2) is 16.9 Å². The van der Waals surface area contributed by atoms with Crippen LogP contribution in [-0.2, 0) is 11.2 Å². The molecule has 1 aromatic heterocycles. The Morgan fingerprint density at radius 3 is 2.68 bits per heavy atom. The number of nitrogens with zero attached hydrogens (tertiary/aromatic N) is 2. The van der Waals surface area contributed by atoms with Gasteiger partial charge in [-0.3, -0.25) is 4.79 Å². The van der Waals surface area contributed by atoms with Crippen molar-refractivity contribution in [2.24, 2.45) is 10.6 Å². The maximum Gasteiger partial charge on any atom is 0.343 e. The molecule has 8 nitrogen and oxygen atoms in total. The summed E-state index contributed by atoms with van der Waals surface area (Å²) < 4.78 is 12.7. The molecule has 0 aliphatic carbocycles. The number of benzene rings is 1. The molecule has 1 unspecified atom stereocenters. The number of phenols is 1. The second kappa shape index (κ2) is 8.91. The van der Waals surface area contributed by atoms with E-state index in [1.54, 1.807) is 25.3 Å². The molecule has 2 aromatic rings. The lowest BCUT2D eigenvalue weighted by atomic mass is 9.90. The maximum atomic E-state index is 12.6. The van der Waals surface area contributed by atoms with Gasteiger partial charge in [0.25, 0.3) is 0 Å². The van der Waals surface area contributed by atoms with Crippen LogP contribution in [0.2, 0.25) is 0 Å². The fourth-order valence-electron chi connectivity index (χ4n) is 3.75. The van der Waals surface area contributed by atoms with Crippen LogP contribution in [0.4, 0.5) is 0 Å². The molecule has 0 saturated heterocycles. The highest BCUT2D eigenvalue weighted by Crippen LogP contribution is 2.41. The van der Waals surface area contributed by atoms with E-state index >= 15 is 0 Å². The lowest BCUT2D eigenvalue weighted by Gasteiger charge is -2.31. The lowest BCUT2D eigenvalue weighted by molar-refractivity contribution is 0.0523. The zero-order chi connectivity index (χ0) is 22.8. The van der Waals surface area contributed by atoms with Crippen LogP contribution in [0.15, 0.2) is 34.4 Å². The van der Waals surface area contributed by atoms with Crippen molar-refractivity contribution >= 4 is 5.97 Å². The van der Waals surface area contributed by atoms with E-state index in [9.17, 15) is 19.6 Å². The zero-order valence-electron chi connectivity index (χ0n) is 18.3. The number of phenolic OH excluding ortho intramolecular Hbond substituents is 1. The van der Waals surface area contributed by atoms with Crippen LogP contribution < -0.4 is 10.2 Å². The molecule has 1 aliphatic rings. The molecule has 3 rings (SSSR count). The SMILES string of the molecule is CCOC(=O)c1cn2c(cc1=O)-c1cc(O)c(OCC(C)(C)CN=O)cc1CC2CC. The summed E-state index contributed by atoms with van der Waals surface area (Å²) in [6.07, 6.45) is 3.00. The van der Waals surface area contributed by atoms with Crippen molar-refractivity contribution in [1.29, 1.82) is 0 Å². The van der Waals surface area contributed by atoms with Gasteiger partial charge in [0, 0.05) is 29.3 Å². The van der Waals surface area contributed by atoms with Crippen molar-refractivity contribution in [3.8, 4) is 22.8 Å². The summed E-state index contributed by atoms with van der Waals surface area (Å²) in [7, 11) is 0. The third-order valence-corrected chi connectivity index (χ3v) is 5.47. The molecule has 1 aliphatic heterocycles. The predicted molar refractivity (Wildman–Crippen MR) is 117 cm³/mol. The van der Waals surface area contributed by atoms with Crippen LogP contribution >= 0.6 is 0 Å². The number of nitroso groups, excluding NO2 is 1. The minimum atomic E-state index is -0.637. The minimum absolute atomic E-state index is 0.00249. The van der Waals surface area contributed by atoms with Crippen molar-refractivity contribution in [3.63, 3.8) is 0 Å². The molecule has 31 heavy (non-hydrogen) atoms. The Bertz CT molecular complexity index is 1060. The van der Waals surface area contributed by atoms with Crippen LogP contribution in [-0.4, -0.2) is 35.4 Å². The summed E-state index contributed by atoms with van der Waals surface area (Å²) in [4.78, 5) is 35.4. The van der Waals surface area contributed by atoms with Crippen molar-refractivity contribution in [3.05, 3.63) is 50.7 Å². The first-order chi connectivity index (χ1) is 14.7. The summed E-state index contributed by atoms with van der Waals surface area (Å²) in [6, 6.07) is 4.82. The van der Waals surface area contributed by atoms with Crippen molar-refractivity contribution in [1.82, 2.24) is 4.57 Å². The number of hydrogen-bond acceptors (Lipinski definition) is 7. The predicted octanol–water partition coefficient (Wildman–Crippen LogP) is 4.08. The number of rotatable bonds is 8. The molecule has 1 N–H and O–H groups in total. The molecule has 0 saturated carbocycles. The molecular weight excluding hydrogens is 400 g/mol. The maximum absolute atomic E-state index is 12.6. The highest BCUT2D eigenvalue weighted by Gasteiger charge is 2.28. The number of carbonyl (C=O) groups is 1. The third-order valence-electron chi connectivity index (χ3n) is 5.47. The topological polar surface area (TPSA) is 107 Å². The summed E-state index contributed by atoms with van der Waals surface area (Å²) >= 11 is 0. The highest BCUT2D eigenvalue weighted by molar-refractivity contribution is 5.89. The Labute approximate surface area is 180 Å². The molecule has 0 radical (unpaired) electrons. The van der Waals surface area contributed by atoms with Gasteiger partial charge in [-0.2, -0.15) is 4.91 Å². The fourth-order valence-corrected chi connectivity index (χ4v) is 3.75. The zero-order valence-corrected chi connectivity index (χ0v) is 18.3. The van der Waals surface area contributed by atoms with E-state index in [1.165, 1.54) is 6.07 Å². The van der Waals surface area contributed by atoms with Gasteiger partial charge in [-0.25, -0.2) is 4.79 Å². The smallest absolute Gasteiger partial charge is 0.343 e. The molecule has 166 valence electrons. The van der Waals surface area contributed by atoms with Gasteiger partial charge in [0.1, 0.15) is 5.56 Å². The van der Waals surface area contributed by atoms with Gasteiger partial charge in [0.2, 0.25) is 0 Å². The first-order valence-corrected chi connectivity index (χ1v) is 10.4. The Kier molecular flexibility index (Phi) is 6.48. The molecule has 1 atom stereocenters. The molecule has 0 bridgehead atoms. The van der Waals surface area contributed by atoms with Crippen LogP contribution in [0, 0.1) is 10.3 Å². The summed E-state index contributed by atoms with van der Waals surface area (Å²) in [5.41, 5.74) is 1.42. The third kappa shape index (κ3) is 4.62. The first-order valence-electron chi connectivity index (χ1n) is 10.4. The number of pyridine rings is 1. The minimum Gasteiger partial charge on any atom is -0.504 e. The van der Waals surface area contributed by atoms with E-state index in [0.717, 1.165) is 17.5 Å². The average molecular weight is 428 g/mol. The second-order valence-corrected chi connectivity index (χ2v) is 8.55. The molecule has 0 amide bonds.